The number of amidine groups is 1. The van der Waals surface area contributed by atoms with Gasteiger partial charge in [-0.05, 0) is 34.6 Å². The highest BCUT2D eigenvalue weighted by molar-refractivity contribution is 5.83. The van der Waals surface area contributed by atoms with Crippen molar-refractivity contribution in [1.29, 1.82) is 0 Å². The SMILES string of the molecule is C/C=C\N(/C(CC)=N/C(C)C)C(C)C. The van der Waals surface area contributed by atoms with Gasteiger partial charge in [0.25, 0.3) is 0 Å². The van der Waals surface area contributed by atoms with Crippen molar-refractivity contribution in [3.05, 3.63) is 12.3 Å². The predicted octanol–water partition coefficient (Wildman–Crippen LogP) is 3.45. The average molecular weight is 196 g/mol. The molecule has 0 atom stereocenters. The van der Waals surface area contributed by atoms with E-state index in [9.17, 15) is 0 Å². The van der Waals surface area contributed by atoms with Crippen LogP contribution in [0.25, 0.3) is 0 Å². The molecule has 0 fully saturated rings. The molecule has 0 aliphatic carbocycles. The monoisotopic (exact) mass is 196 g/mol. The van der Waals surface area contributed by atoms with Gasteiger partial charge in [-0.3, -0.25) is 4.99 Å². The molecule has 0 radical (unpaired) electrons. The molecule has 0 aliphatic heterocycles. The van der Waals surface area contributed by atoms with Crippen molar-refractivity contribution in [2.45, 2.75) is 60.0 Å². The molecule has 0 spiro atoms. The second kappa shape index (κ2) is 6.63. The molecule has 0 aromatic rings. The van der Waals surface area contributed by atoms with Gasteiger partial charge >= 0.3 is 0 Å². The molecule has 0 rings (SSSR count). The van der Waals surface area contributed by atoms with Gasteiger partial charge in [-0.25, -0.2) is 0 Å². The van der Waals surface area contributed by atoms with Crippen molar-refractivity contribution in [2.75, 3.05) is 0 Å². The normalized spacial score (nSPS) is 13.3. The molecule has 0 aliphatic rings. The van der Waals surface area contributed by atoms with Gasteiger partial charge in [-0.15, -0.1) is 0 Å². The molecule has 0 aromatic carbocycles. The van der Waals surface area contributed by atoms with Crippen molar-refractivity contribution < 1.29 is 0 Å². The van der Waals surface area contributed by atoms with Crippen LogP contribution in [-0.4, -0.2) is 22.8 Å². The number of rotatable bonds is 4. The van der Waals surface area contributed by atoms with Crippen LogP contribution >= 0.6 is 0 Å². The van der Waals surface area contributed by atoms with E-state index < -0.39 is 0 Å². The maximum Gasteiger partial charge on any atom is 0.103 e. The quantitative estimate of drug-likeness (QED) is 0.497. The van der Waals surface area contributed by atoms with Crippen molar-refractivity contribution in [1.82, 2.24) is 4.90 Å². The van der Waals surface area contributed by atoms with Crippen LogP contribution < -0.4 is 0 Å². The summed E-state index contributed by atoms with van der Waals surface area (Å²) in [7, 11) is 0. The maximum atomic E-state index is 4.63. The Kier molecular flexibility index (Phi) is 6.26. The van der Waals surface area contributed by atoms with E-state index in [1.54, 1.807) is 0 Å². The smallest absolute Gasteiger partial charge is 0.103 e. The predicted molar refractivity (Wildman–Crippen MR) is 64.7 cm³/mol. The lowest BCUT2D eigenvalue weighted by molar-refractivity contribution is 0.447. The Labute approximate surface area is 88.7 Å². The zero-order valence-corrected chi connectivity index (χ0v) is 10.4. The molecule has 0 heterocycles. The number of hydrogen-bond acceptors (Lipinski definition) is 1. The Balaban J connectivity index is 4.76. The summed E-state index contributed by atoms with van der Waals surface area (Å²) in [5, 5.41) is 0. The molecule has 2 heteroatoms. The number of nitrogens with zero attached hydrogens (tertiary/aromatic N) is 2. The van der Waals surface area contributed by atoms with E-state index in [0.717, 1.165) is 6.42 Å². The number of aliphatic imine (C=N–C) groups is 1. The molecule has 0 saturated carbocycles. The lowest BCUT2D eigenvalue weighted by Crippen LogP contribution is -2.32. The molecule has 0 saturated heterocycles. The summed E-state index contributed by atoms with van der Waals surface area (Å²) >= 11 is 0. The lowest BCUT2D eigenvalue weighted by Gasteiger charge is -2.26. The second-order valence-electron chi connectivity index (χ2n) is 3.98. The zero-order valence-electron chi connectivity index (χ0n) is 10.4. The highest BCUT2D eigenvalue weighted by Crippen LogP contribution is 2.06. The summed E-state index contributed by atoms with van der Waals surface area (Å²) in [6.07, 6.45) is 5.15. The molecule has 82 valence electrons. The molecule has 0 amide bonds. The molecule has 14 heavy (non-hydrogen) atoms. The van der Waals surface area contributed by atoms with Crippen molar-refractivity contribution in [2.24, 2.45) is 4.99 Å². The van der Waals surface area contributed by atoms with Gasteiger partial charge in [0.1, 0.15) is 5.84 Å². The first kappa shape index (κ1) is 13.2. The van der Waals surface area contributed by atoms with Crippen molar-refractivity contribution in [3.8, 4) is 0 Å². The Hall–Kier alpha value is -0.790. The third kappa shape index (κ3) is 4.45. The Morgan fingerprint density at radius 3 is 2.14 bits per heavy atom. The third-order valence-corrected chi connectivity index (χ3v) is 1.89. The van der Waals surface area contributed by atoms with E-state index in [-0.39, 0.29) is 0 Å². The van der Waals surface area contributed by atoms with Gasteiger partial charge < -0.3 is 4.90 Å². The fourth-order valence-corrected chi connectivity index (χ4v) is 1.36. The molecular weight excluding hydrogens is 172 g/mol. The molecule has 0 N–H and O–H groups in total. The van der Waals surface area contributed by atoms with Crippen molar-refractivity contribution in [3.63, 3.8) is 0 Å². The minimum atomic E-state index is 0.372. The standard InChI is InChI=1S/C12H24N2/c1-7-9-14(11(5)6)12(8-2)13-10(3)4/h7,9-11H,8H2,1-6H3/b9-7-,13-12+. The summed E-state index contributed by atoms with van der Waals surface area (Å²) in [6.45, 7) is 12.8. The highest BCUT2D eigenvalue weighted by Gasteiger charge is 2.10. The van der Waals surface area contributed by atoms with E-state index in [4.69, 9.17) is 0 Å². The second-order valence-corrected chi connectivity index (χ2v) is 3.98. The van der Waals surface area contributed by atoms with Crippen LogP contribution in [0.2, 0.25) is 0 Å². The fraction of sp³-hybridized carbons (Fsp3) is 0.750. The van der Waals surface area contributed by atoms with Gasteiger partial charge in [-0.1, -0.05) is 13.0 Å². The first-order valence-corrected chi connectivity index (χ1v) is 5.50. The van der Waals surface area contributed by atoms with Crippen molar-refractivity contribution >= 4 is 5.84 Å². The Morgan fingerprint density at radius 1 is 1.29 bits per heavy atom. The van der Waals surface area contributed by atoms with Gasteiger partial charge in [0.05, 0.1) is 0 Å². The lowest BCUT2D eigenvalue weighted by atomic mass is 10.2. The van der Waals surface area contributed by atoms with Gasteiger partial charge in [0.15, 0.2) is 0 Å². The van der Waals surface area contributed by atoms with Crippen LogP contribution in [0.3, 0.4) is 0 Å². The number of allylic oxidation sites excluding steroid dienone is 1. The minimum Gasteiger partial charge on any atom is -0.335 e. The molecule has 0 aromatic heterocycles. The Bertz CT molecular complexity index is 202. The summed E-state index contributed by atoms with van der Waals surface area (Å²) in [5.41, 5.74) is 0. The average Bonchev–Trinajstić information content (AvgIpc) is 2.10. The van der Waals surface area contributed by atoms with E-state index >= 15 is 0 Å². The van der Waals surface area contributed by atoms with Crippen LogP contribution in [0.4, 0.5) is 0 Å². The van der Waals surface area contributed by atoms with Crippen LogP contribution in [0.5, 0.6) is 0 Å². The fourth-order valence-electron chi connectivity index (χ4n) is 1.36. The largest absolute Gasteiger partial charge is 0.335 e. The van der Waals surface area contributed by atoms with Crippen LogP contribution in [-0.2, 0) is 0 Å². The van der Waals surface area contributed by atoms with E-state index in [1.807, 2.05) is 6.92 Å². The summed E-state index contributed by atoms with van der Waals surface area (Å²) in [4.78, 5) is 6.86. The van der Waals surface area contributed by atoms with Gasteiger partial charge in [-0.2, -0.15) is 0 Å². The molecule has 2 nitrogen and oxygen atoms in total. The van der Waals surface area contributed by atoms with Gasteiger partial charge in [0, 0.05) is 24.7 Å². The Morgan fingerprint density at radius 2 is 1.86 bits per heavy atom. The summed E-state index contributed by atoms with van der Waals surface area (Å²) in [6, 6.07) is 0.847. The number of hydrogen-bond donors (Lipinski definition) is 0. The third-order valence-electron chi connectivity index (χ3n) is 1.89. The van der Waals surface area contributed by atoms with E-state index in [0.29, 0.717) is 12.1 Å². The molecule has 0 bridgehead atoms. The first-order valence-electron chi connectivity index (χ1n) is 5.50. The topological polar surface area (TPSA) is 15.6 Å². The van der Waals surface area contributed by atoms with Gasteiger partial charge in [0.2, 0.25) is 0 Å². The van der Waals surface area contributed by atoms with E-state index in [2.05, 4.69) is 56.8 Å². The van der Waals surface area contributed by atoms with Crippen LogP contribution in [0.1, 0.15) is 48.0 Å². The minimum absolute atomic E-state index is 0.372. The summed E-state index contributed by atoms with van der Waals surface area (Å²) < 4.78 is 0. The van der Waals surface area contributed by atoms with Crippen LogP contribution in [0.15, 0.2) is 17.3 Å². The molecular formula is C12H24N2. The van der Waals surface area contributed by atoms with E-state index in [1.165, 1.54) is 5.84 Å². The van der Waals surface area contributed by atoms with Crippen LogP contribution in [0, 0.1) is 0 Å². The first-order chi connectivity index (χ1) is 6.52. The zero-order chi connectivity index (χ0) is 11.1. The summed E-state index contributed by atoms with van der Waals surface area (Å²) in [5.74, 6) is 1.17. The molecule has 0 unspecified atom stereocenters. The highest BCUT2D eigenvalue weighted by atomic mass is 15.2. The maximum absolute atomic E-state index is 4.63.